The molecule has 1 aliphatic heterocycles. The van der Waals surface area contributed by atoms with Gasteiger partial charge in [-0.3, -0.25) is 9.59 Å². The summed E-state index contributed by atoms with van der Waals surface area (Å²) in [6.45, 7) is 3.57. The summed E-state index contributed by atoms with van der Waals surface area (Å²) in [6.07, 6.45) is 0.164. The molecule has 0 bridgehead atoms. The lowest BCUT2D eigenvalue weighted by Crippen LogP contribution is -2.27. The molecule has 3 rings (SSSR count). The number of ketones is 1. The number of thiazole rings is 1. The van der Waals surface area contributed by atoms with E-state index >= 15 is 0 Å². The molecular weight excluding hydrogens is 443 g/mol. The largest absolute Gasteiger partial charge is 0.460 e. The minimum Gasteiger partial charge on any atom is -0.460 e. The van der Waals surface area contributed by atoms with Crippen LogP contribution in [-0.2, 0) is 19.4 Å². The molecule has 6 nitrogen and oxygen atoms in total. The topological polar surface area (TPSA) is 64.4 Å². The molecule has 32 heavy (non-hydrogen) atoms. The maximum Gasteiger partial charge on any atom is 0.422 e. The van der Waals surface area contributed by atoms with Gasteiger partial charge in [-0.25, -0.2) is 4.98 Å². The van der Waals surface area contributed by atoms with Gasteiger partial charge in [0.1, 0.15) is 0 Å². The molecule has 0 aliphatic carbocycles. The molecule has 0 saturated carbocycles. The average Bonchev–Trinajstić information content (AvgIpc) is 3.05. The Labute approximate surface area is 189 Å². The number of halogens is 3. The third-order valence-electron chi connectivity index (χ3n) is 5.47. The van der Waals surface area contributed by atoms with Gasteiger partial charge in [-0.15, -0.1) is 0 Å². The van der Waals surface area contributed by atoms with Crippen LogP contribution in [0.25, 0.3) is 0 Å². The summed E-state index contributed by atoms with van der Waals surface area (Å²) < 4.78 is 43.2. The third-order valence-corrected chi connectivity index (χ3v) is 6.54. The molecule has 1 aliphatic rings. The van der Waals surface area contributed by atoms with Gasteiger partial charge in [0.15, 0.2) is 12.4 Å². The van der Waals surface area contributed by atoms with Gasteiger partial charge >= 0.3 is 6.18 Å². The fraction of sp³-hybridized carbons (Fsp3) is 0.591. The van der Waals surface area contributed by atoms with Crippen molar-refractivity contribution >= 4 is 17.1 Å². The first-order valence-electron chi connectivity index (χ1n) is 10.9. The predicted octanol–water partition coefficient (Wildman–Crippen LogP) is 4.11. The van der Waals surface area contributed by atoms with Crippen LogP contribution in [0.4, 0.5) is 13.2 Å². The molecule has 176 valence electrons. The Balaban J connectivity index is 1.37. The van der Waals surface area contributed by atoms with E-state index in [1.165, 1.54) is 22.0 Å². The van der Waals surface area contributed by atoms with Crippen LogP contribution in [0.5, 0.6) is 5.19 Å². The first kappa shape index (κ1) is 24.4. The van der Waals surface area contributed by atoms with Crippen molar-refractivity contribution in [3.05, 3.63) is 44.8 Å². The molecule has 3 heterocycles. The van der Waals surface area contributed by atoms with Crippen molar-refractivity contribution in [1.29, 1.82) is 0 Å². The van der Waals surface area contributed by atoms with Crippen molar-refractivity contribution in [2.45, 2.75) is 58.2 Å². The van der Waals surface area contributed by atoms with Gasteiger partial charge in [-0.1, -0.05) is 23.8 Å². The zero-order valence-electron chi connectivity index (χ0n) is 18.1. The van der Waals surface area contributed by atoms with E-state index in [2.05, 4.69) is 9.88 Å². The molecule has 0 N–H and O–H groups in total. The maximum atomic E-state index is 12.5. The Bertz CT molecular complexity index is 946. The van der Waals surface area contributed by atoms with Gasteiger partial charge in [0.2, 0.25) is 0 Å². The van der Waals surface area contributed by atoms with Gasteiger partial charge in [-0.2, -0.15) is 13.2 Å². The Morgan fingerprint density at radius 2 is 1.97 bits per heavy atom. The summed E-state index contributed by atoms with van der Waals surface area (Å²) in [7, 11) is 0. The first-order chi connectivity index (χ1) is 15.3. The van der Waals surface area contributed by atoms with Crippen molar-refractivity contribution in [3.63, 3.8) is 0 Å². The zero-order chi connectivity index (χ0) is 23.1. The fourth-order valence-electron chi connectivity index (χ4n) is 3.83. The van der Waals surface area contributed by atoms with Crippen LogP contribution in [0.1, 0.15) is 53.7 Å². The van der Waals surface area contributed by atoms with E-state index in [1.807, 2.05) is 6.92 Å². The highest BCUT2D eigenvalue weighted by molar-refractivity contribution is 7.13. The van der Waals surface area contributed by atoms with E-state index < -0.39 is 12.8 Å². The predicted molar refractivity (Wildman–Crippen MR) is 117 cm³/mol. The van der Waals surface area contributed by atoms with E-state index in [1.54, 1.807) is 12.1 Å². The number of hydrogen-bond acceptors (Lipinski definition) is 6. The number of unbranched alkanes of at least 4 members (excludes halogenated alkanes) is 2. The van der Waals surface area contributed by atoms with Crippen LogP contribution in [0, 0.1) is 0 Å². The Hall–Kier alpha value is -2.20. The molecule has 2 aromatic heterocycles. The molecule has 0 aromatic carbocycles. The number of pyridine rings is 1. The van der Waals surface area contributed by atoms with Crippen molar-refractivity contribution < 1.29 is 22.7 Å². The van der Waals surface area contributed by atoms with E-state index in [-0.39, 0.29) is 16.5 Å². The summed E-state index contributed by atoms with van der Waals surface area (Å²) in [5.74, 6) is -0.00150. The van der Waals surface area contributed by atoms with E-state index in [0.717, 1.165) is 55.9 Å². The number of alkyl halides is 3. The summed E-state index contributed by atoms with van der Waals surface area (Å²) in [4.78, 5) is 31.9. The van der Waals surface area contributed by atoms with Crippen molar-refractivity contribution in [3.8, 4) is 5.19 Å². The number of fused-ring (bicyclic) bond motifs is 1. The molecule has 0 spiro atoms. The SMILES string of the molecule is CCn1c(C(=O)CCCCCN2CCc3nc(OCC(F)(F)F)sc3CC2)cccc1=O. The number of hydrogen-bond donors (Lipinski definition) is 0. The Kier molecular flexibility index (Phi) is 8.47. The van der Waals surface area contributed by atoms with Gasteiger partial charge in [0.25, 0.3) is 10.8 Å². The van der Waals surface area contributed by atoms with Crippen LogP contribution >= 0.6 is 11.3 Å². The fourth-order valence-corrected chi connectivity index (χ4v) is 4.77. The van der Waals surface area contributed by atoms with Crippen LogP contribution in [-0.4, -0.2) is 52.7 Å². The number of rotatable bonds is 10. The summed E-state index contributed by atoms with van der Waals surface area (Å²) in [6, 6.07) is 4.79. The molecule has 0 saturated heterocycles. The highest BCUT2D eigenvalue weighted by Crippen LogP contribution is 2.29. The standard InChI is InChI=1S/C22H28F3N3O3S/c1-2-28-17(7-6-9-20(28)30)18(29)8-4-3-5-12-27-13-10-16-19(11-14-27)32-21(26-16)31-15-22(23,24)25/h6-7,9H,2-5,8,10-15H2,1H3. The lowest BCUT2D eigenvalue weighted by molar-refractivity contribution is -0.153. The van der Waals surface area contributed by atoms with Gasteiger partial charge < -0.3 is 14.2 Å². The minimum absolute atomic E-state index is 0.00150. The lowest BCUT2D eigenvalue weighted by Gasteiger charge is -2.19. The van der Waals surface area contributed by atoms with Gasteiger partial charge in [0, 0.05) is 43.4 Å². The van der Waals surface area contributed by atoms with Crippen LogP contribution in [0.15, 0.2) is 23.0 Å². The first-order valence-corrected chi connectivity index (χ1v) is 11.7. The maximum absolute atomic E-state index is 12.5. The molecule has 0 unspecified atom stereocenters. The number of nitrogens with zero attached hydrogens (tertiary/aromatic N) is 3. The van der Waals surface area contributed by atoms with E-state index in [0.29, 0.717) is 25.1 Å². The third kappa shape index (κ3) is 6.90. The highest BCUT2D eigenvalue weighted by Gasteiger charge is 2.29. The minimum atomic E-state index is -4.36. The van der Waals surface area contributed by atoms with Crippen LogP contribution in [0.2, 0.25) is 0 Å². The van der Waals surface area contributed by atoms with E-state index in [9.17, 15) is 22.8 Å². The number of carbonyl (C=O) groups is 1. The molecule has 0 amide bonds. The van der Waals surface area contributed by atoms with Crippen LogP contribution in [0.3, 0.4) is 0 Å². The highest BCUT2D eigenvalue weighted by atomic mass is 32.1. The lowest BCUT2D eigenvalue weighted by atomic mass is 10.1. The second kappa shape index (κ2) is 11.1. The number of aromatic nitrogens is 2. The second-order valence-electron chi connectivity index (χ2n) is 7.82. The second-order valence-corrected chi connectivity index (χ2v) is 8.87. The summed E-state index contributed by atoms with van der Waals surface area (Å²) >= 11 is 1.21. The van der Waals surface area contributed by atoms with Gasteiger partial charge in [0.05, 0.1) is 11.4 Å². The smallest absolute Gasteiger partial charge is 0.422 e. The van der Waals surface area contributed by atoms with Crippen molar-refractivity contribution in [2.75, 3.05) is 26.2 Å². The summed E-state index contributed by atoms with van der Waals surface area (Å²) in [5, 5.41) is 0.0948. The Morgan fingerprint density at radius 1 is 1.19 bits per heavy atom. The average molecular weight is 472 g/mol. The molecule has 0 fully saturated rings. The molecule has 10 heteroatoms. The van der Waals surface area contributed by atoms with E-state index in [4.69, 9.17) is 4.74 Å². The Morgan fingerprint density at radius 3 is 2.72 bits per heavy atom. The molecule has 0 atom stereocenters. The summed E-state index contributed by atoms with van der Waals surface area (Å²) in [5.41, 5.74) is 1.16. The van der Waals surface area contributed by atoms with Gasteiger partial charge in [-0.05, 0) is 38.8 Å². The molecule has 2 aromatic rings. The quantitative estimate of drug-likeness (QED) is 0.386. The number of Topliss-reactive ketones (excluding diaryl/α,β-unsaturated/α-hetero) is 1. The monoisotopic (exact) mass is 471 g/mol. The normalized spacial score (nSPS) is 14.8. The number of carbonyl (C=O) groups excluding carboxylic acids is 1. The number of ether oxygens (including phenoxy) is 1. The van der Waals surface area contributed by atoms with Crippen molar-refractivity contribution in [1.82, 2.24) is 14.5 Å². The molecular formula is C22H28F3N3O3S. The van der Waals surface area contributed by atoms with Crippen LogP contribution < -0.4 is 10.3 Å². The molecule has 0 radical (unpaired) electrons. The zero-order valence-corrected chi connectivity index (χ0v) is 18.9. The van der Waals surface area contributed by atoms with Crippen molar-refractivity contribution in [2.24, 2.45) is 0 Å².